The summed E-state index contributed by atoms with van der Waals surface area (Å²) in [7, 11) is 1.66. The van der Waals surface area contributed by atoms with Crippen LogP contribution >= 0.6 is 0 Å². The predicted molar refractivity (Wildman–Crippen MR) is 219 cm³/mol. The number of aromatic carboxylic acids is 2. The molecule has 0 unspecified atom stereocenters. The van der Waals surface area contributed by atoms with Gasteiger partial charge in [-0.2, -0.15) is 0 Å². The van der Waals surface area contributed by atoms with E-state index in [1.165, 1.54) is 11.7 Å². The van der Waals surface area contributed by atoms with Gasteiger partial charge in [0.25, 0.3) is 0 Å². The van der Waals surface area contributed by atoms with Crippen LogP contribution in [-0.2, 0) is 37.6 Å². The molecule has 0 aliphatic carbocycles. The van der Waals surface area contributed by atoms with Crippen LogP contribution in [0, 0.1) is 0 Å². The van der Waals surface area contributed by atoms with Crippen LogP contribution in [0.2, 0.25) is 25.7 Å². The first-order chi connectivity index (χ1) is 26.9. The Morgan fingerprint density at radius 3 is 1.91 bits per heavy atom. The number of hydrogen-bond acceptors (Lipinski definition) is 7. The zero-order valence-corrected chi connectivity index (χ0v) is 33.4. The SMILES string of the molecule is COc1ccc(CCn2c(C(=O)O)c(-c3ccc(OC)cc3)c(-c3c(CO)n(COCC[Si](C)(C)C)c4c(OCc5ccccc5)cccc34)c2C(=O)O)cc1. The van der Waals surface area contributed by atoms with Crippen LogP contribution in [0.5, 0.6) is 17.2 Å². The summed E-state index contributed by atoms with van der Waals surface area (Å²) in [4.78, 5) is 27.1. The van der Waals surface area contributed by atoms with E-state index in [4.69, 9.17) is 18.9 Å². The zero-order chi connectivity index (χ0) is 40.0. The van der Waals surface area contributed by atoms with Crippen molar-refractivity contribution >= 4 is 30.9 Å². The monoisotopic (exact) mass is 776 g/mol. The van der Waals surface area contributed by atoms with Crippen molar-refractivity contribution in [2.75, 3.05) is 20.8 Å². The Morgan fingerprint density at radius 1 is 0.696 bits per heavy atom. The number of aromatic nitrogens is 2. The molecular weight excluding hydrogens is 729 g/mol. The number of carboxylic acids is 2. The van der Waals surface area contributed by atoms with Gasteiger partial charge in [-0.1, -0.05) is 86.4 Å². The van der Waals surface area contributed by atoms with Crippen LogP contribution in [0.4, 0.5) is 0 Å². The Labute approximate surface area is 327 Å². The van der Waals surface area contributed by atoms with Crippen LogP contribution in [0.3, 0.4) is 0 Å². The number of ether oxygens (including phenoxy) is 4. The lowest BCUT2D eigenvalue weighted by Crippen LogP contribution is -2.22. The van der Waals surface area contributed by atoms with Gasteiger partial charge in [0.1, 0.15) is 42.0 Å². The van der Waals surface area contributed by atoms with Crippen LogP contribution in [0.15, 0.2) is 97.1 Å². The fourth-order valence-corrected chi connectivity index (χ4v) is 7.76. The number of carbonyl (C=O) groups is 2. The smallest absolute Gasteiger partial charge is 0.353 e. The molecule has 0 saturated carbocycles. The first-order valence-corrected chi connectivity index (χ1v) is 22.2. The highest BCUT2D eigenvalue weighted by Gasteiger charge is 2.35. The topological polar surface area (TPSA) is 142 Å². The molecule has 2 aromatic heterocycles. The summed E-state index contributed by atoms with van der Waals surface area (Å²) in [6.07, 6.45) is 0.331. The predicted octanol–water partition coefficient (Wildman–Crippen LogP) is 8.82. The number of nitrogens with zero attached hydrogens (tertiary/aromatic N) is 2. The van der Waals surface area contributed by atoms with Crippen molar-refractivity contribution in [3.05, 3.63) is 125 Å². The number of carboxylic acid groups (broad SMARTS) is 2. The van der Waals surface area contributed by atoms with Crippen molar-refractivity contribution in [3.8, 4) is 39.5 Å². The van der Waals surface area contributed by atoms with Crippen LogP contribution < -0.4 is 14.2 Å². The van der Waals surface area contributed by atoms with Gasteiger partial charge in [0.2, 0.25) is 0 Å². The average molecular weight is 777 g/mol. The molecule has 12 heteroatoms. The molecule has 292 valence electrons. The third kappa shape index (κ3) is 8.52. The van der Waals surface area contributed by atoms with Gasteiger partial charge in [-0.05, 0) is 59.5 Å². The number of rotatable bonds is 18. The van der Waals surface area contributed by atoms with Gasteiger partial charge in [-0.15, -0.1) is 0 Å². The molecule has 0 fully saturated rings. The van der Waals surface area contributed by atoms with Crippen molar-refractivity contribution in [3.63, 3.8) is 0 Å². The third-order valence-corrected chi connectivity index (χ3v) is 11.5. The minimum Gasteiger partial charge on any atom is -0.497 e. The summed E-state index contributed by atoms with van der Waals surface area (Å²) in [6.45, 7) is 7.13. The maximum atomic E-state index is 13.6. The molecule has 11 nitrogen and oxygen atoms in total. The minimum absolute atomic E-state index is 0.0388. The standard InChI is InChI=1S/C44H48N2O9Si/c1-52-32-18-14-29(15-19-32)22-23-45-41(43(48)49)37(31-16-20-33(53-2)21-17-31)39(42(45)44(50)51)38-34-12-9-13-36(55-27-30-10-7-6-8-11-30)40(34)46(35(38)26-47)28-54-24-25-56(3,4)5/h6-21,47H,22-28H2,1-5H3,(H,48,49)(H,50,51). The zero-order valence-electron chi connectivity index (χ0n) is 32.4. The molecule has 0 saturated heterocycles. The molecule has 0 aliphatic heterocycles. The van der Waals surface area contributed by atoms with Gasteiger partial charge in [0.15, 0.2) is 0 Å². The van der Waals surface area contributed by atoms with Gasteiger partial charge in [0.05, 0.1) is 32.0 Å². The second-order valence-electron chi connectivity index (χ2n) is 14.7. The lowest BCUT2D eigenvalue weighted by atomic mass is 9.92. The number of aliphatic hydroxyl groups is 1. The number of benzene rings is 4. The molecule has 0 atom stereocenters. The Balaban J connectivity index is 1.64. The van der Waals surface area contributed by atoms with Gasteiger partial charge in [-0.3, -0.25) is 0 Å². The van der Waals surface area contributed by atoms with E-state index >= 15 is 0 Å². The largest absolute Gasteiger partial charge is 0.497 e. The van der Waals surface area contributed by atoms with Crippen molar-refractivity contribution < 1.29 is 43.9 Å². The van der Waals surface area contributed by atoms with Gasteiger partial charge < -0.3 is 43.4 Å². The molecule has 2 heterocycles. The van der Waals surface area contributed by atoms with Gasteiger partial charge >= 0.3 is 11.9 Å². The maximum absolute atomic E-state index is 13.6. The molecule has 4 aromatic carbocycles. The second kappa shape index (κ2) is 17.3. The van der Waals surface area contributed by atoms with E-state index < -0.39 is 26.6 Å². The average Bonchev–Trinajstić information content (AvgIpc) is 3.70. The fourth-order valence-electron chi connectivity index (χ4n) is 7.00. The minimum atomic E-state index is -1.45. The van der Waals surface area contributed by atoms with E-state index in [2.05, 4.69) is 19.6 Å². The van der Waals surface area contributed by atoms with E-state index in [1.807, 2.05) is 65.2 Å². The Bertz CT molecular complexity index is 2310. The Morgan fingerprint density at radius 2 is 1.32 bits per heavy atom. The van der Waals surface area contributed by atoms with Crippen molar-refractivity contribution in [1.29, 1.82) is 0 Å². The number of methoxy groups -OCH3 is 2. The molecule has 0 aliphatic rings. The van der Waals surface area contributed by atoms with Crippen molar-refractivity contribution in [1.82, 2.24) is 9.13 Å². The van der Waals surface area contributed by atoms with Crippen LogP contribution in [-0.4, -0.2) is 65.3 Å². The number of aryl methyl sites for hydroxylation is 1. The summed E-state index contributed by atoms with van der Waals surface area (Å²) in [5.74, 6) is -0.894. The van der Waals surface area contributed by atoms with Crippen LogP contribution in [0.25, 0.3) is 33.2 Å². The van der Waals surface area contributed by atoms with E-state index in [-0.39, 0.29) is 42.4 Å². The normalized spacial score (nSPS) is 11.5. The number of para-hydroxylation sites is 1. The molecule has 0 spiro atoms. The highest BCUT2D eigenvalue weighted by atomic mass is 28.3. The highest BCUT2D eigenvalue weighted by molar-refractivity contribution is 6.76. The summed E-state index contributed by atoms with van der Waals surface area (Å²) in [5, 5.41) is 33.9. The summed E-state index contributed by atoms with van der Waals surface area (Å²) in [6, 6.07) is 30.3. The Kier molecular flexibility index (Phi) is 12.3. The molecule has 0 amide bonds. The number of hydrogen-bond donors (Lipinski definition) is 3. The molecular formula is C44H48N2O9Si. The van der Waals surface area contributed by atoms with Gasteiger partial charge in [-0.25, -0.2) is 9.59 Å². The summed E-state index contributed by atoms with van der Waals surface area (Å²) in [5.41, 5.74) is 3.60. The fraction of sp³-hybridized carbons (Fsp3) is 0.273. The van der Waals surface area contributed by atoms with Gasteiger partial charge in [0, 0.05) is 43.3 Å². The molecule has 6 rings (SSSR count). The Hall–Kier alpha value is -5.82. The molecule has 0 radical (unpaired) electrons. The third-order valence-electron chi connectivity index (χ3n) is 9.84. The van der Waals surface area contributed by atoms with Crippen molar-refractivity contribution in [2.24, 2.45) is 0 Å². The molecule has 0 bridgehead atoms. The first-order valence-electron chi connectivity index (χ1n) is 18.5. The van der Waals surface area contributed by atoms with Crippen LogP contribution in [0.1, 0.15) is 37.8 Å². The lowest BCUT2D eigenvalue weighted by molar-refractivity contribution is 0.0677. The summed E-state index contributed by atoms with van der Waals surface area (Å²) < 4.78 is 26.7. The molecule has 56 heavy (non-hydrogen) atoms. The first kappa shape index (κ1) is 39.9. The van der Waals surface area contributed by atoms with E-state index in [9.17, 15) is 24.9 Å². The van der Waals surface area contributed by atoms with Crippen molar-refractivity contribution in [2.45, 2.75) is 58.6 Å². The molecule has 6 aromatic rings. The van der Waals surface area contributed by atoms with E-state index in [0.717, 1.165) is 17.2 Å². The highest BCUT2D eigenvalue weighted by Crippen LogP contribution is 2.47. The van der Waals surface area contributed by atoms with E-state index in [0.29, 0.717) is 58.0 Å². The second-order valence-corrected chi connectivity index (χ2v) is 20.3. The number of fused-ring (bicyclic) bond motifs is 1. The quantitative estimate of drug-likeness (QED) is 0.0577. The van der Waals surface area contributed by atoms with E-state index in [1.54, 1.807) is 43.5 Å². The lowest BCUT2D eigenvalue weighted by Gasteiger charge is -2.17. The molecule has 3 N–H and O–H groups in total. The number of aliphatic hydroxyl groups excluding tert-OH is 1. The summed E-state index contributed by atoms with van der Waals surface area (Å²) >= 11 is 0. The maximum Gasteiger partial charge on any atom is 0.353 e.